The van der Waals surface area contributed by atoms with E-state index in [1.54, 1.807) is 0 Å². The molecule has 0 aliphatic heterocycles. The molecule has 33 heavy (non-hydrogen) atoms. The third kappa shape index (κ3) is 5.03. The second-order valence-electron chi connectivity index (χ2n) is 7.41. The van der Waals surface area contributed by atoms with Gasteiger partial charge in [-0.05, 0) is 39.5 Å². The first-order valence-electron chi connectivity index (χ1n) is 10.2. The summed E-state index contributed by atoms with van der Waals surface area (Å²) in [7, 11) is 0. The van der Waals surface area contributed by atoms with Gasteiger partial charge in [-0.25, -0.2) is 10.1 Å². The quantitative estimate of drug-likeness (QED) is 0.310. The number of nitrogens with one attached hydrogen (secondary N) is 1. The largest absolute Gasteiger partial charge is 0.489 e. The van der Waals surface area contributed by atoms with Gasteiger partial charge < -0.3 is 10.5 Å². The molecule has 0 atom stereocenters. The number of benzene rings is 2. The number of nitrogens with zero attached hydrogens (tertiary/aromatic N) is 6. The second-order valence-corrected chi connectivity index (χ2v) is 7.41. The molecule has 0 radical (unpaired) electrons. The van der Waals surface area contributed by atoms with Crippen molar-refractivity contribution in [2.45, 2.75) is 26.4 Å². The maximum Gasteiger partial charge on any atom is 0.293 e. The third-order valence-corrected chi connectivity index (χ3v) is 4.65. The monoisotopic (exact) mass is 446 g/mol. The van der Waals surface area contributed by atoms with Gasteiger partial charge in [-0.15, -0.1) is 5.10 Å². The Bertz CT molecular complexity index is 1260. The Hall–Kier alpha value is -4.54. The molecule has 0 saturated heterocycles. The number of amides is 1. The predicted molar refractivity (Wildman–Crippen MR) is 120 cm³/mol. The minimum absolute atomic E-state index is 0.0427. The number of aromatic nitrogens is 5. The number of carbonyl (C=O) groups is 1. The molecule has 0 bridgehead atoms. The van der Waals surface area contributed by atoms with Crippen LogP contribution in [0.1, 0.15) is 47.1 Å². The molecule has 2 heterocycles. The lowest BCUT2D eigenvalue weighted by atomic mass is 10.1. The van der Waals surface area contributed by atoms with E-state index in [2.05, 4.69) is 35.8 Å². The van der Waals surface area contributed by atoms with Crippen LogP contribution < -0.4 is 15.9 Å². The fourth-order valence-corrected chi connectivity index (χ4v) is 3.11. The third-order valence-electron chi connectivity index (χ3n) is 4.65. The highest BCUT2D eigenvalue weighted by atomic mass is 16.6. The molecule has 168 valence electrons. The van der Waals surface area contributed by atoms with E-state index in [4.69, 9.17) is 10.5 Å². The van der Waals surface area contributed by atoms with Gasteiger partial charge in [-0.3, -0.25) is 4.79 Å². The fourth-order valence-electron chi connectivity index (χ4n) is 3.11. The zero-order valence-corrected chi connectivity index (χ0v) is 18.0. The second kappa shape index (κ2) is 9.73. The molecule has 0 saturated carbocycles. The van der Waals surface area contributed by atoms with E-state index in [0.717, 1.165) is 11.1 Å². The molecule has 0 fully saturated rings. The Morgan fingerprint density at radius 1 is 1.21 bits per heavy atom. The summed E-state index contributed by atoms with van der Waals surface area (Å²) in [6, 6.07) is 17.3. The van der Waals surface area contributed by atoms with Crippen LogP contribution in [-0.2, 0) is 6.61 Å². The van der Waals surface area contributed by atoms with Crippen molar-refractivity contribution in [1.29, 1.82) is 0 Å². The van der Waals surface area contributed by atoms with E-state index in [0.29, 0.717) is 18.1 Å². The topological polar surface area (TPSA) is 146 Å². The molecule has 2 aromatic heterocycles. The normalized spacial score (nSPS) is 11.2. The molecule has 0 aliphatic rings. The Labute approximate surface area is 189 Å². The van der Waals surface area contributed by atoms with Crippen LogP contribution in [0.3, 0.4) is 0 Å². The highest BCUT2D eigenvalue weighted by molar-refractivity contribution is 5.94. The van der Waals surface area contributed by atoms with Crippen molar-refractivity contribution in [3.05, 3.63) is 77.1 Å². The van der Waals surface area contributed by atoms with E-state index in [9.17, 15) is 4.79 Å². The number of nitrogen functional groups attached to an aromatic ring is 1. The lowest BCUT2D eigenvalue weighted by Gasteiger charge is -2.08. The van der Waals surface area contributed by atoms with Gasteiger partial charge in [0.15, 0.2) is 5.69 Å². The first-order chi connectivity index (χ1) is 16.0. The summed E-state index contributed by atoms with van der Waals surface area (Å²) in [5, 5.41) is 19.2. The minimum atomic E-state index is -0.521. The number of carbonyl (C=O) groups excluding carboxylic acids is 1. The maximum atomic E-state index is 12.7. The first kappa shape index (κ1) is 21.7. The summed E-state index contributed by atoms with van der Waals surface area (Å²) in [5.41, 5.74) is 10.7. The molecule has 0 spiro atoms. The van der Waals surface area contributed by atoms with Crippen LogP contribution in [0.25, 0.3) is 5.82 Å². The van der Waals surface area contributed by atoms with Gasteiger partial charge >= 0.3 is 0 Å². The highest BCUT2D eigenvalue weighted by Gasteiger charge is 2.25. The zero-order valence-electron chi connectivity index (χ0n) is 18.0. The zero-order chi connectivity index (χ0) is 23.2. The molecule has 1 amide bonds. The standard InChI is InChI=1S/C22H22N8O3/c1-14(2)19-18(25-29-30(19)21-20(23)27-33-28-21)22(31)26-24-12-16-9-6-10-17(11-16)32-13-15-7-4-3-5-8-15/h3-12,14H,13H2,1-2H3,(H2,23,27)(H,26,31)/b24-12-. The van der Waals surface area contributed by atoms with Crippen LogP contribution in [-0.4, -0.2) is 37.4 Å². The summed E-state index contributed by atoms with van der Waals surface area (Å²) >= 11 is 0. The minimum Gasteiger partial charge on any atom is -0.489 e. The molecule has 4 aromatic rings. The van der Waals surface area contributed by atoms with Crippen LogP contribution in [0.15, 0.2) is 64.3 Å². The van der Waals surface area contributed by atoms with Gasteiger partial charge in [0, 0.05) is 0 Å². The van der Waals surface area contributed by atoms with Crippen LogP contribution in [0, 0.1) is 0 Å². The number of rotatable bonds is 8. The average Bonchev–Trinajstić information content (AvgIpc) is 3.44. The van der Waals surface area contributed by atoms with E-state index < -0.39 is 5.91 Å². The molecule has 3 N–H and O–H groups in total. The highest BCUT2D eigenvalue weighted by Crippen LogP contribution is 2.22. The summed E-state index contributed by atoms with van der Waals surface area (Å²) < 4.78 is 11.8. The smallest absolute Gasteiger partial charge is 0.293 e. The fraction of sp³-hybridized carbons (Fsp3) is 0.182. The molecule has 11 heteroatoms. The lowest BCUT2D eigenvalue weighted by molar-refractivity contribution is 0.0948. The lowest BCUT2D eigenvalue weighted by Crippen LogP contribution is -2.21. The number of hydrogen-bond acceptors (Lipinski definition) is 9. The molecular formula is C22H22N8O3. The van der Waals surface area contributed by atoms with E-state index >= 15 is 0 Å². The molecule has 11 nitrogen and oxygen atoms in total. The van der Waals surface area contributed by atoms with Crippen molar-refractivity contribution in [2.75, 3.05) is 5.73 Å². The predicted octanol–water partition coefficient (Wildman–Crippen LogP) is 2.70. The van der Waals surface area contributed by atoms with Gasteiger partial charge in [0.05, 0.1) is 11.9 Å². The number of ether oxygens (including phenoxy) is 1. The van der Waals surface area contributed by atoms with E-state index in [1.165, 1.54) is 10.9 Å². The summed E-state index contributed by atoms with van der Waals surface area (Å²) in [5.74, 6) is 0.271. The maximum absolute atomic E-state index is 12.7. The SMILES string of the molecule is CC(C)c1c(C(=O)N/N=C\c2cccc(OCc3ccccc3)c2)nnn1-c1nonc1N. The average molecular weight is 446 g/mol. The van der Waals surface area contributed by atoms with Crippen LogP contribution >= 0.6 is 0 Å². The van der Waals surface area contributed by atoms with Gasteiger partial charge in [0.2, 0.25) is 11.6 Å². The molecule has 0 aliphatic carbocycles. The van der Waals surface area contributed by atoms with Gasteiger partial charge in [-0.1, -0.05) is 61.5 Å². The van der Waals surface area contributed by atoms with E-state index in [1.807, 2.05) is 68.4 Å². The molecule has 0 unspecified atom stereocenters. The summed E-state index contributed by atoms with van der Waals surface area (Å²) in [4.78, 5) is 12.7. The van der Waals surface area contributed by atoms with Crippen molar-refractivity contribution >= 4 is 17.9 Å². The molecule has 4 rings (SSSR count). The van der Waals surface area contributed by atoms with Gasteiger partial charge in [0.1, 0.15) is 12.4 Å². The van der Waals surface area contributed by atoms with E-state index in [-0.39, 0.29) is 23.2 Å². The number of anilines is 1. The van der Waals surface area contributed by atoms with Gasteiger partial charge in [-0.2, -0.15) is 9.78 Å². The Balaban J connectivity index is 1.43. The Kier molecular flexibility index (Phi) is 6.39. The number of hydrazone groups is 1. The Morgan fingerprint density at radius 3 is 2.76 bits per heavy atom. The van der Waals surface area contributed by atoms with Crippen molar-refractivity contribution in [1.82, 2.24) is 30.7 Å². The molecular weight excluding hydrogens is 424 g/mol. The summed E-state index contributed by atoms with van der Waals surface area (Å²) in [6.07, 6.45) is 1.52. The van der Waals surface area contributed by atoms with Crippen molar-refractivity contribution in [3.63, 3.8) is 0 Å². The summed E-state index contributed by atoms with van der Waals surface area (Å²) in [6.45, 7) is 4.23. The molecule has 2 aromatic carbocycles. The van der Waals surface area contributed by atoms with Crippen molar-refractivity contribution < 1.29 is 14.2 Å². The van der Waals surface area contributed by atoms with Crippen LogP contribution in [0.4, 0.5) is 5.82 Å². The van der Waals surface area contributed by atoms with Crippen LogP contribution in [0.2, 0.25) is 0 Å². The van der Waals surface area contributed by atoms with Crippen LogP contribution in [0.5, 0.6) is 5.75 Å². The van der Waals surface area contributed by atoms with Gasteiger partial charge in [0.25, 0.3) is 5.91 Å². The Morgan fingerprint density at radius 2 is 2.03 bits per heavy atom. The first-order valence-corrected chi connectivity index (χ1v) is 10.2. The number of nitrogens with two attached hydrogens (primary N) is 1. The number of hydrogen-bond donors (Lipinski definition) is 2. The van der Waals surface area contributed by atoms with Crippen molar-refractivity contribution in [2.24, 2.45) is 5.10 Å². The van der Waals surface area contributed by atoms with Crippen molar-refractivity contribution in [3.8, 4) is 11.6 Å².